The van der Waals surface area contributed by atoms with Crippen LogP contribution in [0.3, 0.4) is 0 Å². The summed E-state index contributed by atoms with van der Waals surface area (Å²) in [7, 11) is 0. The number of nitrogens with one attached hydrogen (secondary N) is 1. The number of nitro benzene ring substituents is 1. The number of nitrogens with zero attached hydrogens (tertiary/aromatic N) is 2. The fraction of sp³-hybridized carbons (Fsp3) is 0.591. The number of esters is 1. The van der Waals surface area contributed by atoms with Crippen LogP contribution in [0.4, 0.5) is 11.4 Å². The van der Waals surface area contributed by atoms with Crippen LogP contribution < -0.4 is 5.32 Å². The molecule has 4 aliphatic rings. The molecule has 3 heterocycles. The molecular formula is C22H27N3O4. The second-order valence-corrected chi connectivity index (χ2v) is 8.84. The molecule has 1 aromatic rings. The molecule has 0 aromatic heterocycles. The van der Waals surface area contributed by atoms with Gasteiger partial charge in [-0.2, -0.15) is 0 Å². The van der Waals surface area contributed by atoms with E-state index in [1.807, 2.05) is 6.92 Å². The van der Waals surface area contributed by atoms with Crippen molar-refractivity contribution in [3.05, 3.63) is 45.1 Å². The lowest BCUT2D eigenvalue weighted by molar-refractivity contribution is -0.384. The molecule has 1 aromatic carbocycles. The summed E-state index contributed by atoms with van der Waals surface area (Å²) in [4.78, 5) is 26.8. The smallest absolute Gasteiger partial charge is 0.335 e. The summed E-state index contributed by atoms with van der Waals surface area (Å²) in [6.07, 6.45) is 4.77. The van der Waals surface area contributed by atoms with Gasteiger partial charge in [-0.3, -0.25) is 15.0 Å². The van der Waals surface area contributed by atoms with Crippen LogP contribution in [0.25, 0.3) is 0 Å². The third-order valence-corrected chi connectivity index (χ3v) is 7.78. The summed E-state index contributed by atoms with van der Waals surface area (Å²) >= 11 is 0. The van der Waals surface area contributed by atoms with Gasteiger partial charge in [-0.05, 0) is 69.2 Å². The third kappa shape index (κ3) is 2.31. The first-order chi connectivity index (χ1) is 14.0. The van der Waals surface area contributed by atoms with E-state index in [0.29, 0.717) is 13.0 Å². The fourth-order valence-corrected chi connectivity index (χ4v) is 6.73. The SMILES string of the molecule is CCOC(=O)C1=C2Nc3ccc([N+](=O)[O-])cc3[C@]23CCN2CCC[C@@](CC)(C1)[C@H]23. The summed E-state index contributed by atoms with van der Waals surface area (Å²) in [6, 6.07) is 5.35. The molecule has 0 amide bonds. The second kappa shape index (κ2) is 6.29. The van der Waals surface area contributed by atoms with Gasteiger partial charge < -0.3 is 10.1 Å². The molecule has 1 aliphatic carbocycles. The largest absolute Gasteiger partial charge is 0.463 e. The number of non-ortho nitro benzene ring substituents is 1. The van der Waals surface area contributed by atoms with Gasteiger partial charge >= 0.3 is 5.97 Å². The van der Waals surface area contributed by atoms with Crippen LogP contribution >= 0.6 is 0 Å². The Labute approximate surface area is 170 Å². The zero-order chi connectivity index (χ0) is 20.4. The topological polar surface area (TPSA) is 84.7 Å². The lowest BCUT2D eigenvalue weighted by atomic mass is 9.53. The van der Waals surface area contributed by atoms with Crippen LogP contribution in [0.5, 0.6) is 0 Å². The van der Waals surface area contributed by atoms with Crippen LogP contribution in [0.15, 0.2) is 29.5 Å². The van der Waals surface area contributed by atoms with Crippen molar-refractivity contribution in [1.29, 1.82) is 0 Å². The highest BCUT2D eigenvalue weighted by molar-refractivity contribution is 5.93. The normalized spacial score (nSPS) is 32.3. The number of carbonyl (C=O) groups is 1. The van der Waals surface area contributed by atoms with Crippen molar-refractivity contribution in [1.82, 2.24) is 4.90 Å². The minimum atomic E-state index is -0.391. The predicted molar refractivity (Wildman–Crippen MR) is 109 cm³/mol. The first-order valence-electron chi connectivity index (χ1n) is 10.7. The summed E-state index contributed by atoms with van der Waals surface area (Å²) in [5.41, 5.74) is 3.27. The fourth-order valence-electron chi connectivity index (χ4n) is 6.73. The zero-order valence-electron chi connectivity index (χ0n) is 17.0. The Balaban J connectivity index is 1.78. The van der Waals surface area contributed by atoms with Crippen LogP contribution in [-0.4, -0.2) is 41.5 Å². The van der Waals surface area contributed by atoms with Crippen molar-refractivity contribution < 1.29 is 14.5 Å². The van der Waals surface area contributed by atoms with Crippen LogP contribution in [0.2, 0.25) is 0 Å². The molecule has 2 fully saturated rings. The Bertz CT molecular complexity index is 942. The van der Waals surface area contributed by atoms with Gasteiger partial charge in [0.25, 0.3) is 5.69 Å². The monoisotopic (exact) mass is 397 g/mol. The molecule has 0 unspecified atom stereocenters. The maximum absolute atomic E-state index is 13.0. The Hall–Kier alpha value is -2.41. The number of carbonyl (C=O) groups excluding carboxylic acids is 1. The van der Waals surface area contributed by atoms with E-state index < -0.39 is 5.41 Å². The Morgan fingerprint density at radius 1 is 1.34 bits per heavy atom. The first kappa shape index (κ1) is 18.6. The molecule has 3 aliphatic heterocycles. The summed E-state index contributed by atoms with van der Waals surface area (Å²) in [5, 5.41) is 15.0. The van der Waals surface area contributed by atoms with Crippen molar-refractivity contribution in [2.45, 2.75) is 57.4 Å². The highest BCUT2D eigenvalue weighted by Crippen LogP contribution is 2.65. The van der Waals surface area contributed by atoms with E-state index in [0.717, 1.165) is 61.3 Å². The van der Waals surface area contributed by atoms with Gasteiger partial charge in [0, 0.05) is 29.6 Å². The van der Waals surface area contributed by atoms with Crippen LogP contribution in [0.1, 0.15) is 51.5 Å². The van der Waals surface area contributed by atoms with Gasteiger partial charge in [-0.1, -0.05) is 6.92 Å². The Morgan fingerprint density at radius 2 is 2.17 bits per heavy atom. The Morgan fingerprint density at radius 3 is 2.90 bits per heavy atom. The number of nitro groups is 1. The summed E-state index contributed by atoms with van der Waals surface area (Å²) in [6.45, 7) is 6.41. The molecule has 2 saturated heterocycles. The molecule has 154 valence electrons. The van der Waals surface area contributed by atoms with Gasteiger partial charge in [0.15, 0.2) is 0 Å². The van der Waals surface area contributed by atoms with Crippen molar-refractivity contribution in [2.24, 2.45) is 5.41 Å². The lowest BCUT2D eigenvalue weighted by Gasteiger charge is -2.56. The molecule has 29 heavy (non-hydrogen) atoms. The van der Waals surface area contributed by atoms with Gasteiger partial charge in [0.05, 0.1) is 22.5 Å². The number of benzene rings is 1. The molecule has 0 saturated carbocycles. The molecule has 7 nitrogen and oxygen atoms in total. The van der Waals surface area contributed by atoms with E-state index in [2.05, 4.69) is 17.1 Å². The van der Waals surface area contributed by atoms with Gasteiger partial charge in [-0.25, -0.2) is 4.79 Å². The summed E-state index contributed by atoms with van der Waals surface area (Å²) in [5.74, 6) is -0.244. The zero-order valence-corrected chi connectivity index (χ0v) is 17.0. The van der Waals surface area contributed by atoms with Gasteiger partial charge in [0.2, 0.25) is 0 Å². The predicted octanol–water partition coefficient (Wildman–Crippen LogP) is 3.74. The molecule has 1 N–H and O–H groups in total. The number of anilines is 1. The van der Waals surface area contributed by atoms with Crippen LogP contribution in [0, 0.1) is 15.5 Å². The molecule has 5 rings (SSSR count). The summed E-state index contributed by atoms with van der Waals surface area (Å²) < 4.78 is 5.46. The number of piperidine rings is 1. The standard InChI is InChI=1S/C22H27N3O4/c1-3-21-8-5-10-24-11-9-22(20(21)24)16-12-14(25(27)28)6-7-17(16)23-18(22)15(13-21)19(26)29-4-2/h6-7,12,20,23H,3-5,8-11,13H2,1-2H3/t20-,21-,22+/m0/s1. The number of fused-ring (bicyclic) bond motifs is 1. The van der Waals surface area contributed by atoms with E-state index >= 15 is 0 Å². The highest BCUT2D eigenvalue weighted by atomic mass is 16.6. The number of hydrogen-bond acceptors (Lipinski definition) is 6. The van der Waals surface area contributed by atoms with Gasteiger partial charge in [0.1, 0.15) is 0 Å². The van der Waals surface area contributed by atoms with E-state index in [1.165, 1.54) is 0 Å². The van der Waals surface area contributed by atoms with E-state index in [9.17, 15) is 14.9 Å². The lowest BCUT2D eigenvalue weighted by Crippen LogP contribution is -2.59. The maximum atomic E-state index is 13.0. The van der Waals surface area contributed by atoms with Crippen molar-refractivity contribution in [3.63, 3.8) is 0 Å². The maximum Gasteiger partial charge on any atom is 0.335 e. The molecule has 1 spiro atoms. The van der Waals surface area contributed by atoms with Crippen molar-refractivity contribution in [2.75, 3.05) is 25.0 Å². The second-order valence-electron chi connectivity index (χ2n) is 8.84. The van der Waals surface area contributed by atoms with E-state index in [4.69, 9.17) is 4.74 Å². The molecule has 0 radical (unpaired) electrons. The van der Waals surface area contributed by atoms with Crippen LogP contribution in [-0.2, 0) is 14.9 Å². The molecule has 0 bridgehead atoms. The minimum absolute atomic E-state index is 0.00570. The molecule has 3 atom stereocenters. The molecule has 7 heteroatoms. The van der Waals surface area contributed by atoms with E-state index in [-0.39, 0.29) is 28.0 Å². The first-order valence-corrected chi connectivity index (χ1v) is 10.7. The minimum Gasteiger partial charge on any atom is -0.463 e. The number of ether oxygens (including phenoxy) is 1. The highest BCUT2D eigenvalue weighted by Gasteiger charge is 2.66. The van der Waals surface area contributed by atoms with Gasteiger partial charge in [-0.15, -0.1) is 0 Å². The Kier molecular flexibility index (Phi) is 4.04. The molecular weight excluding hydrogens is 370 g/mol. The number of hydrogen-bond donors (Lipinski definition) is 1. The quantitative estimate of drug-likeness (QED) is 0.473. The average molecular weight is 397 g/mol. The average Bonchev–Trinajstić information content (AvgIpc) is 3.27. The third-order valence-electron chi connectivity index (χ3n) is 7.78. The number of rotatable bonds is 4. The van der Waals surface area contributed by atoms with E-state index in [1.54, 1.807) is 18.2 Å². The van der Waals surface area contributed by atoms with Crippen molar-refractivity contribution in [3.8, 4) is 0 Å². The van der Waals surface area contributed by atoms with Crippen molar-refractivity contribution >= 4 is 17.3 Å².